The van der Waals surface area contributed by atoms with Crippen LogP contribution in [0.1, 0.15) is 20.3 Å². The molecular weight excluding hydrogens is 339 g/mol. The van der Waals surface area contributed by atoms with Crippen molar-refractivity contribution in [2.24, 2.45) is 5.92 Å². The molecule has 140 valence electrons. The second kappa shape index (κ2) is 6.93. The molecule has 2 aliphatic rings. The summed E-state index contributed by atoms with van der Waals surface area (Å²) in [5, 5.41) is 4.80. The number of hydrogen-bond donors (Lipinski definition) is 2. The molecule has 2 atom stereocenters. The van der Waals surface area contributed by atoms with Crippen LogP contribution >= 0.6 is 0 Å². The number of halogens is 1. The van der Waals surface area contributed by atoms with Crippen molar-refractivity contribution < 1.29 is 18.8 Å². The van der Waals surface area contributed by atoms with Gasteiger partial charge in [-0.2, -0.15) is 0 Å². The zero-order valence-electron chi connectivity index (χ0n) is 14.9. The molecule has 2 unspecified atom stereocenters. The van der Waals surface area contributed by atoms with Crippen molar-refractivity contribution >= 4 is 23.5 Å². The number of anilines is 1. The summed E-state index contributed by atoms with van der Waals surface area (Å²) in [5.74, 6) is -1.12. The number of nitrogens with zero attached hydrogens (tertiary/aromatic N) is 2. The number of hydrogen-bond acceptors (Lipinski definition) is 4. The highest BCUT2D eigenvalue weighted by atomic mass is 19.1. The third kappa shape index (κ3) is 3.63. The SMILES string of the molecule is CC(CC1(C)NC(=O)NC1=O)C(=O)N1CCN(c2cccc(F)c2)CC1. The number of amides is 4. The highest BCUT2D eigenvalue weighted by Crippen LogP contribution is 2.23. The van der Waals surface area contributed by atoms with Gasteiger partial charge in [0.25, 0.3) is 5.91 Å². The van der Waals surface area contributed by atoms with Crippen molar-refractivity contribution in [3.8, 4) is 0 Å². The summed E-state index contributed by atoms with van der Waals surface area (Å²) < 4.78 is 13.4. The average molecular weight is 362 g/mol. The van der Waals surface area contributed by atoms with Crippen LogP contribution in [0.2, 0.25) is 0 Å². The molecule has 0 radical (unpaired) electrons. The van der Waals surface area contributed by atoms with Gasteiger partial charge in [-0.15, -0.1) is 0 Å². The minimum Gasteiger partial charge on any atom is -0.368 e. The predicted molar refractivity (Wildman–Crippen MR) is 94.1 cm³/mol. The summed E-state index contributed by atoms with van der Waals surface area (Å²) in [5.41, 5.74) is -0.252. The van der Waals surface area contributed by atoms with Gasteiger partial charge >= 0.3 is 6.03 Å². The van der Waals surface area contributed by atoms with Crippen LogP contribution in [0.25, 0.3) is 0 Å². The molecule has 1 aromatic carbocycles. The second-order valence-electron chi connectivity index (χ2n) is 7.14. The number of piperazine rings is 1. The number of urea groups is 1. The van der Waals surface area contributed by atoms with E-state index in [1.165, 1.54) is 12.1 Å². The smallest absolute Gasteiger partial charge is 0.322 e. The minimum atomic E-state index is -1.06. The largest absolute Gasteiger partial charge is 0.368 e. The molecule has 0 aliphatic carbocycles. The number of carbonyl (C=O) groups is 3. The lowest BCUT2D eigenvalue weighted by Gasteiger charge is -2.38. The molecule has 3 rings (SSSR count). The number of carbonyl (C=O) groups excluding carboxylic acids is 3. The monoisotopic (exact) mass is 362 g/mol. The highest BCUT2D eigenvalue weighted by Gasteiger charge is 2.44. The normalized spacial score (nSPS) is 24.3. The molecule has 2 heterocycles. The first kappa shape index (κ1) is 18.2. The standard InChI is InChI=1S/C18H23FN4O3/c1-12(11-18(2)16(25)20-17(26)21-18)15(24)23-8-6-22(7-9-23)14-5-3-4-13(19)10-14/h3-5,10,12H,6-9,11H2,1-2H3,(H2,20,21,25,26). The average Bonchev–Trinajstić information content (AvgIpc) is 2.86. The quantitative estimate of drug-likeness (QED) is 0.786. The Kier molecular flexibility index (Phi) is 4.84. The fraction of sp³-hybridized carbons (Fsp3) is 0.500. The number of imide groups is 1. The Bertz CT molecular complexity index is 733. The van der Waals surface area contributed by atoms with Gasteiger partial charge in [0.1, 0.15) is 11.4 Å². The summed E-state index contributed by atoms with van der Waals surface area (Å²) in [6, 6.07) is 5.89. The van der Waals surface area contributed by atoms with Crippen LogP contribution < -0.4 is 15.5 Å². The summed E-state index contributed by atoms with van der Waals surface area (Å²) >= 11 is 0. The summed E-state index contributed by atoms with van der Waals surface area (Å²) in [7, 11) is 0. The summed E-state index contributed by atoms with van der Waals surface area (Å²) in [6.07, 6.45) is 0.244. The molecule has 2 fully saturated rings. The molecule has 2 saturated heterocycles. The number of nitrogens with one attached hydrogen (secondary N) is 2. The van der Waals surface area contributed by atoms with E-state index in [1.807, 2.05) is 11.0 Å². The second-order valence-corrected chi connectivity index (χ2v) is 7.14. The van der Waals surface area contributed by atoms with Crippen LogP contribution in [0.5, 0.6) is 0 Å². The molecule has 2 N–H and O–H groups in total. The Morgan fingerprint density at radius 2 is 1.96 bits per heavy atom. The Hall–Kier alpha value is -2.64. The van der Waals surface area contributed by atoms with E-state index in [4.69, 9.17) is 0 Å². The molecule has 8 heteroatoms. The lowest BCUT2D eigenvalue weighted by Crippen LogP contribution is -2.52. The van der Waals surface area contributed by atoms with E-state index < -0.39 is 23.4 Å². The lowest BCUT2D eigenvalue weighted by molar-refractivity contribution is -0.136. The van der Waals surface area contributed by atoms with Crippen LogP contribution in [0.3, 0.4) is 0 Å². The van der Waals surface area contributed by atoms with Crippen LogP contribution in [-0.4, -0.2) is 54.5 Å². The first-order chi connectivity index (χ1) is 12.3. The highest BCUT2D eigenvalue weighted by molar-refractivity contribution is 6.07. The molecule has 4 amide bonds. The van der Waals surface area contributed by atoms with Crippen molar-refractivity contribution in [3.05, 3.63) is 30.1 Å². The van der Waals surface area contributed by atoms with Crippen LogP contribution in [0, 0.1) is 11.7 Å². The van der Waals surface area contributed by atoms with Gasteiger partial charge in [0.2, 0.25) is 5.91 Å². The topological polar surface area (TPSA) is 81.8 Å². The predicted octanol–water partition coefficient (Wildman–Crippen LogP) is 1.10. The Labute approximate surface area is 151 Å². The Morgan fingerprint density at radius 3 is 2.54 bits per heavy atom. The molecule has 2 aliphatic heterocycles. The van der Waals surface area contributed by atoms with Crippen LogP contribution in [0.4, 0.5) is 14.9 Å². The van der Waals surface area contributed by atoms with E-state index >= 15 is 0 Å². The first-order valence-corrected chi connectivity index (χ1v) is 8.71. The third-order valence-corrected chi connectivity index (χ3v) is 5.02. The van der Waals surface area contributed by atoms with Gasteiger partial charge in [0.15, 0.2) is 0 Å². The molecular formula is C18H23FN4O3. The van der Waals surface area contributed by atoms with Crippen molar-refractivity contribution in [2.45, 2.75) is 25.8 Å². The molecule has 0 bridgehead atoms. The first-order valence-electron chi connectivity index (χ1n) is 8.71. The van der Waals surface area contributed by atoms with E-state index in [9.17, 15) is 18.8 Å². The Balaban J connectivity index is 1.56. The van der Waals surface area contributed by atoms with Gasteiger partial charge in [-0.3, -0.25) is 14.9 Å². The maximum Gasteiger partial charge on any atom is 0.322 e. The van der Waals surface area contributed by atoms with Crippen molar-refractivity contribution in [3.63, 3.8) is 0 Å². The lowest BCUT2D eigenvalue weighted by atomic mass is 9.89. The van der Waals surface area contributed by atoms with Gasteiger partial charge in [-0.25, -0.2) is 9.18 Å². The maximum absolute atomic E-state index is 13.4. The van der Waals surface area contributed by atoms with E-state index in [0.29, 0.717) is 26.2 Å². The zero-order chi connectivity index (χ0) is 18.9. The minimum absolute atomic E-state index is 0.0425. The van der Waals surface area contributed by atoms with Gasteiger partial charge in [0, 0.05) is 37.8 Å². The van der Waals surface area contributed by atoms with E-state index in [1.54, 1.807) is 24.8 Å². The summed E-state index contributed by atoms with van der Waals surface area (Å²) in [4.78, 5) is 39.8. The van der Waals surface area contributed by atoms with E-state index in [2.05, 4.69) is 10.6 Å². The molecule has 0 spiro atoms. The maximum atomic E-state index is 13.4. The van der Waals surface area contributed by atoms with Gasteiger partial charge in [-0.05, 0) is 31.5 Å². The van der Waals surface area contributed by atoms with E-state index in [-0.39, 0.29) is 18.1 Å². The molecule has 0 saturated carbocycles. The van der Waals surface area contributed by atoms with Crippen LogP contribution in [-0.2, 0) is 9.59 Å². The fourth-order valence-corrected chi connectivity index (χ4v) is 3.59. The van der Waals surface area contributed by atoms with Gasteiger partial charge in [-0.1, -0.05) is 13.0 Å². The van der Waals surface area contributed by atoms with Crippen molar-refractivity contribution in [1.82, 2.24) is 15.5 Å². The van der Waals surface area contributed by atoms with Crippen LogP contribution in [0.15, 0.2) is 24.3 Å². The summed E-state index contributed by atoms with van der Waals surface area (Å²) in [6.45, 7) is 5.71. The zero-order valence-corrected chi connectivity index (χ0v) is 14.9. The van der Waals surface area contributed by atoms with E-state index in [0.717, 1.165) is 5.69 Å². The number of rotatable bonds is 4. The number of benzene rings is 1. The Morgan fingerprint density at radius 1 is 1.27 bits per heavy atom. The fourth-order valence-electron chi connectivity index (χ4n) is 3.59. The molecule has 7 nitrogen and oxygen atoms in total. The van der Waals surface area contributed by atoms with Crippen molar-refractivity contribution in [1.29, 1.82) is 0 Å². The van der Waals surface area contributed by atoms with Crippen molar-refractivity contribution in [2.75, 3.05) is 31.1 Å². The molecule has 1 aromatic rings. The molecule has 26 heavy (non-hydrogen) atoms. The third-order valence-electron chi connectivity index (χ3n) is 5.02. The van der Waals surface area contributed by atoms with Gasteiger partial charge in [0.05, 0.1) is 0 Å². The molecule has 0 aromatic heterocycles. The van der Waals surface area contributed by atoms with Gasteiger partial charge < -0.3 is 15.1 Å².